The van der Waals surface area contributed by atoms with Crippen LogP contribution < -0.4 is 21.5 Å². The maximum Gasteiger partial charge on any atom is 0.288 e. The van der Waals surface area contributed by atoms with Gasteiger partial charge in [0.05, 0.1) is 6.54 Å². The molecule has 0 spiro atoms. The van der Waals surface area contributed by atoms with Gasteiger partial charge in [0.15, 0.2) is 5.69 Å². The summed E-state index contributed by atoms with van der Waals surface area (Å²) in [4.78, 5) is 0.577. The van der Waals surface area contributed by atoms with Gasteiger partial charge in [-0.1, -0.05) is 23.4 Å². The van der Waals surface area contributed by atoms with Crippen molar-refractivity contribution in [2.45, 2.75) is 42.9 Å². The van der Waals surface area contributed by atoms with Crippen LogP contribution in [0.3, 0.4) is 0 Å². The van der Waals surface area contributed by atoms with E-state index in [9.17, 15) is 8.78 Å². The van der Waals surface area contributed by atoms with E-state index in [2.05, 4.69) is 15.3 Å². The Bertz CT molecular complexity index is 927. The van der Waals surface area contributed by atoms with Gasteiger partial charge in [-0.15, -0.1) is 0 Å². The van der Waals surface area contributed by atoms with Crippen molar-refractivity contribution in [3.8, 4) is 16.9 Å². The molecule has 3 aromatic rings. The van der Waals surface area contributed by atoms with Gasteiger partial charge in [-0.05, 0) is 67.8 Å². The number of fused-ring (bicyclic) bond motifs is 1. The maximum atomic E-state index is 12.6. The highest BCUT2D eigenvalue weighted by Crippen LogP contribution is 2.30. The third-order valence-corrected chi connectivity index (χ3v) is 5.84. The van der Waals surface area contributed by atoms with Crippen molar-refractivity contribution in [1.82, 2.24) is 4.57 Å². The minimum atomic E-state index is -2.40. The van der Waals surface area contributed by atoms with Crippen molar-refractivity contribution >= 4 is 23.4 Å². The van der Waals surface area contributed by atoms with Gasteiger partial charge in [-0.25, -0.2) is 4.57 Å². The molecule has 2 aromatic carbocycles. The van der Waals surface area contributed by atoms with Crippen LogP contribution in [0.1, 0.15) is 25.1 Å². The first-order valence-corrected chi connectivity index (χ1v) is 10.3. The topological polar surface area (TPSA) is 8.81 Å². The number of hydrogen-bond donors (Lipinski definition) is 0. The van der Waals surface area contributed by atoms with E-state index < -0.39 is 5.76 Å². The van der Waals surface area contributed by atoms with E-state index in [1.165, 1.54) is 18.7 Å². The summed E-state index contributed by atoms with van der Waals surface area (Å²) in [5, 5.41) is 0.708. The van der Waals surface area contributed by atoms with E-state index in [4.69, 9.17) is 11.6 Å². The molecule has 4 rings (SSSR count). The van der Waals surface area contributed by atoms with Gasteiger partial charge in [-0.2, -0.15) is 13.3 Å². The minimum Gasteiger partial charge on any atom is -1.00 e. The highest BCUT2D eigenvalue weighted by Gasteiger charge is 2.27. The van der Waals surface area contributed by atoms with Crippen LogP contribution >= 0.6 is 23.4 Å². The molecule has 0 saturated carbocycles. The van der Waals surface area contributed by atoms with Gasteiger partial charge in [0.25, 0.3) is 11.6 Å². The molecule has 0 radical (unpaired) electrons. The fraction of sp³-hybridized carbons (Fsp3) is 0.286. The number of benzene rings is 2. The molecule has 0 aliphatic carbocycles. The number of alkyl halides is 2. The summed E-state index contributed by atoms with van der Waals surface area (Å²) in [5.41, 5.74) is 3.18. The highest BCUT2D eigenvalue weighted by atomic mass is 79.9. The number of nitrogens with zero attached hydrogens (tertiary/aromatic N) is 2. The average Bonchev–Trinajstić information content (AvgIpc) is 2.85. The van der Waals surface area contributed by atoms with Crippen molar-refractivity contribution in [2.75, 3.05) is 0 Å². The highest BCUT2D eigenvalue weighted by molar-refractivity contribution is 7.99. The number of aromatic nitrogens is 2. The molecule has 2 heterocycles. The molecule has 0 bridgehead atoms. The molecule has 0 fully saturated rings. The average molecular weight is 486 g/mol. The lowest BCUT2D eigenvalue weighted by Crippen LogP contribution is -3.00. The lowest BCUT2D eigenvalue weighted by molar-refractivity contribution is -0.702. The first-order chi connectivity index (χ1) is 13.1. The second-order valence-electron chi connectivity index (χ2n) is 6.65. The Morgan fingerprint density at radius 2 is 1.68 bits per heavy atom. The van der Waals surface area contributed by atoms with Gasteiger partial charge >= 0.3 is 0 Å². The van der Waals surface area contributed by atoms with Gasteiger partial charge < -0.3 is 17.0 Å². The van der Waals surface area contributed by atoms with Crippen molar-refractivity contribution in [3.63, 3.8) is 0 Å². The first-order valence-electron chi connectivity index (χ1n) is 9.07. The zero-order valence-corrected chi connectivity index (χ0v) is 18.3. The van der Waals surface area contributed by atoms with Crippen molar-refractivity contribution in [1.29, 1.82) is 0 Å². The Kier molecular flexibility index (Phi) is 7.18. The van der Waals surface area contributed by atoms with Crippen molar-refractivity contribution < 1.29 is 30.3 Å². The van der Waals surface area contributed by atoms with E-state index in [0.717, 1.165) is 36.3 Å². The molecule has 0 atom stereocenters. The van der Waals surface area contributed by atoms with Crippen LogP contribution in [0.2, 0.25) is 5.02 Å². The fourth-order valence-electron chi connectivity index (χ4n) is 3.63. The summed E-state index contributed by atoms with van der Waals surface area (Å²) >= 11 is 6.64. The molecule has 0 amide bonds. The van der Waals surface area contributed by atoms with Gasteiger partial charge in [-0.3, -0.25) is 0 Å². The third-order valence-electron chi connectivity index (χ3n) is 4.87. The maximum absolute atomic E-state index is 12.6. The molecule has 7 heteroatoms. The number of rotatable bonds is 4. The molecule has 1 aliphatic heterocycles. The van der Waals surface area contributed by atoms with Gasteiger partial charge in [0, 0.05) is 21.9 Å². The Balaban J connectivity index is 0.00000225. The second-order valence-corrected chi connectivity index (χ2v) is 8.15. The van der Waals surface area contributed by atoms with Crippen LogP contribution in [-0.4, -0.2) is 10.3 Å². The van der Waals surface area contributed by atoms with Gasteiger partial charge in [0.2, 0.25) is 0 Å². The van der Waals surface area contributed by atoms with Crippen molar-refractivity contribution in [3.05, 3.63) is 65.6 Å². The lowest BCUT2D eigenvalue weighted by Gasteiger charge is -2.07. The zero-order chi connectivity index (χ0) is 18.8. The molecular formula is C21H20BrClF2N2S. The number of thioether (sulfide) groups is 1. The first kappa shape index (κ1) is 21.3. The minimum absolute atomic E-state index is 0. The smallest absolute Gasteiger partial charge is 0.288 e. The van der Waals surface area contributed by atoms with Crippen LogP contribution in [0.25, 0.3) is 16.9 Å². The van der Waals surface area contributed by atoms with Crippen LogP contribution in [0.5, 0.6) is 0 Å². The van der Waals surface area contributed by atoms with Crippen LogP contribution in [0.4, 0.5) is 8.78 Å². The fourth-order valence-corrected chi connectivity index (χ4v) is 4.25. The van der Waals surface area contributed by atoms with Crippen LogP contribution in [0.15, 0.2) is 59.6 Å². The van der Waals surface area contributed by atoms with E-state index in [1.807, 2.05) is 36.4 Å². The van der Waals surface area contributed by atoms with Gasteiger partial charge in [0.1, 0.15) is 11.9 Å². The Hall–Kier alpha value is -1.37. The number of imidazole rings is 1. The third kappa shape index (κ3) is 4.61. The second kappa shape index (κ2) is 9.42. The molecule has 0 saturated heterocycles. The molecule has 0 N–H and O–H groups in total. The molecule has 28 heavy (non-hydrogen) atoms. The predicted molar refractivity (Wildman–Crippen MR) is 106 cm³/mol. The molecule has 148 valence electrons. The van der Waals surface area contributed by atoms with E-state index >= 15 is 0 Å². The molecule has 2 nitrogen and oxygen atoms in total. The quantitative estimate of drug-likeness (QED) is 0.407. The zero-order valence-electron chi connectivity index (χ0n) is 15.1. The number of hydrogen-bond acceptors (Lipinski definition) is 1. The summed E-state index contributed by atoms with van der Waals surface area (Å²) in [6.07, 6.45) is 6.75. The summed E-state index contributed by atoms with van der Waals surface area (Å²) in [7, 11) is 0. The molecule has 1 aromatic heterocycles. The Labute approximate surface area is 183 Å². The van der Waals surface area contributed by atoms with E-state index in [-0.39, 0.29) is 17.0 Å². The standard InChI is InChI=1S/C21H20ClF2N2S.BrH/c22-16-7-5-15(6-8-16)19-14-25-13-3-1-2-4-20(25)26(19)17-9-11-18(12-10-17)27-21(23)24;/h5-12,14,21H,1-4,13H2;1H/q+1;/p-1. The number of aryl methyl sites for hydroxylation is 1. The number of halogens is 4. The summed E-state index contributed by atoms with van der Waals surface area (Å²) in [5.74, 6) is -1.15. The van der Waals surface area contributed by atoms with E-state index in [0.29, 0.717) is 21.7 Å². The summed E-state index contributed by atoms with van der Waals surface area (Å²) < 4.78 is 29.8. The monoisotopic (exact) mass is 484 g/mol. The normalized spacial score (nSPS) is 13.7. The SMILES string of the molecule is FC(F)Sc1ccc(-n2c(-c3ccc(Cl)cc3)c[n+]3c2CCCCC3)cc1.[Br-]. The largest absolute Gasteiger partial charge is 1.00 e. The molecular weight excluding hydrogens is 466 g/mol. The lowest BCUT2D eigenvalue weighted by atomic mass is 10.1. The molecule has 0 unspecified atom stereocenters. The van der Waals surface area contributed by atoms with Crippen LogP contribution in [-0.2, 0) is 13.0 Å². The Morgan fingerprint density at radius 3 is 2.36 bits per heavy atom. The summed E-state index contributed by atoms with van der Waals surface area (Å²) in [6, 6.07) is 15.2. The van der Waals surface area contributed by atoms with Crippen LogP contribution in [0, 0.1) is 0 Å². The van der Waals surface area contributed by atoms with E-state index in [1.54, 1.807) is 12.1 Å². The predicted octanol–water partition coefficient (Wildman–Crippen LogP) is 3.13. The van der Waals surface area contributed by atoms with Crippen molar-refractivity contribution in [2.24, 2.45) is 0 Å². The Morgan fingerprint density at radius 1 is 0.964 bits per heavy atom. The molecule has 1 aliphatic rings. The summed E-state index contributed by atoms with van der Waals surface area (Å²) in [6.45, 7) is 1.00.